The van der Waals surface area contributed by atoms with Crippen molar-refractivity contribution in [1.29, 1.82) is 0 Å². The summed E-state index contributed by atoms with van der Waals surface area (Å²) in [7, 11) is 0. The number of carbonyl (C=O) groups excluding carboxylic acids is 3. The first kappa shape index (κ1) is 79.8. The van der Waals surface area contributed by atoms with E-state index in [0.29, 0.717) is 19.3 Å². The summed E-state index contributed by atoms with van der Waals surface area (Å²) in [6.07, 6.45) is 93.8. The van der Waals surface area contributed by atoms with Crippen molar-refractivity contribution in [2.24, 2.45) is 0 Å². The van der Waals surface area contributed by atoms with Gasteiger partial charge >= 0.3 is 17.9 Å². The van der Waals surface area contributed by atoms with Crippen LogP contribution in [-0.2, 0) is 28.6 Å². The molecule has 0 aromatic carbocycles. The monoisotopic (exact) mass is 1160 g/mol. The van der Waals surface area contributed by atoms with E-state index < -0.39 is 6.10 Å². The first-order chi connectivity index (χ1) is 41.0. The lowest BCUT2D eigenvalue weighted by molar-refractivity contribution is -0.167. The second kappa shape index (κ2) is 71.3. The molecular formula is C77H138O6. The average Bonchev–Trinajstić information content (AvgIpc) is 3.49. The fourth-order valence-electron chi connectivity index (χ4n) is 10.7. The summed E-state index contributed by atoms with van der Waals surface area (Å²) >= 11 is 0. The second-order valence-corrected chi connectivity index (χ2v) is 24.5. The van der Waals surface area contributed by atoms with Gasteiger partial charge in [0.1, 0.15) is 13.2 Å². The van der Waals surface area contributed by atoms with E-state index in [1.54, 1.807) is 0 Å². The van der Waals surface area contributed by atoms with Crippen LogP contribution in [0.3, 0.4) is 0 Å². The van der Waals surface area contributed by atoms with Crippen LogP contribution in [0, 0.1) is 0 Å². The van der Waals surface area contributed by atoms with Gasteiger partial charge in [-0.05, 0) is 109 Å². The van der Waals surface area contributed by atoms with Crippen LogP contribution in [-0.4, -0.2) is 37.2 Å². The molecule has 0 aromatic rings. The van der Waals surface area contributed by atoms with Gasteiger partial charge in [-0.15, -0.1) is 0 Å². The lowest BCUT2D eigenvalue weighted by atomic mass is 10.0. The van der Waals surface area contributed by atoms with E-state index in [0.717, 1.165) is 89.9 Å². The molecule has 0 aliphatic heterocycles. The lowest BCUT2D eigenvalue weighted by Gasteiger charge is -2.18. The zero-order chi connectivity index (χ0) is 59.9. The summed E-state index contributed by atoms with van der Waals surface area (Å²) in [6, 6.07) is 0. The molecule has 0 heterocycles. The van der Waals surface area contributed by atoms with Crippen LogP contribution in [0.25, 0.3) is 0 Å². The molecule has 0 radical (unpaired) electrons. The summed E-state index contributed by atoms with van der Waals surface area (Å²) < 4.78 is 17.0. The summed E-state index contributed by atoms with van der Waals surface area (Å²) in [5.41, 5.74) is 0. The van der Waals surface area contributed by atoms with E-state index in [4.69, 9.17) is 14.2 Å². The van der Waals surface area contributed by atoms with Crippen molar-refractivity contribution in [3.63, 3.8) is 0 Å². The zero-order valence-electron chi connectivity index (χ0n) is 55.5. The SMILES string of the molecule is CC/C=C\C/C=C\C/C=C\CCCCCC(=O)OCC(COC(=O)CCCCCCCCCCCCCCCCCCCCC/C=C\CCCCCCCCCC)OC(=O)CCCCCCCCCCC/C=C\C/C=C\CCCCCCC. The molecule has 6 nitrogen and oxygen atoms in total. The largest absolute Gasteiger partial charge is 0.462 e. The molecule has 1 unspecified atom stereocenters. The van der Waals surface area contributed by atoms with Gasteiger partial charge in [0.25, 0.3) is 0 Å². The Balaban J connectivity index is 4.20. The van der Waals surface area contributed by atoms with Gasteiger partial charge in [0.2, 0.25) is 0 Å². The van der Waals surface area contributed by atoms with Gasteiger partial charge in [-0.2, -0.15) is 0 Å². The van der Waals surface area contributed by atoms with E-state index in [2.05, 4.69) is 93.7 Å². The van der Waals surface area contributed by atoms with Gasteiger partial charge in [0.05, 0.1) is 0 Å². The molecule has 0 spiro atoms. The van der Waals surface area contributed by atoms with E-state index >= 15 is 0 Å². The van der Waals surface area contributed by atoms with Crippen LogP contribution >= 0.6 is 0 Å². The van der Waals surface area contributed by atoms with Crippen molar-refractivity contribution in [3.05, 3.63) is 72.9 Å². The Bertz CT molecular complexity index is 1520. The fourth-order valence-corrected chi connectivity index (χ4v) is 10.7. The van der Waals surface area contributed by atoms with Crippen LogP contribution in [0.5, 0.6) is 0 Å². The first-order valence-electron chi connectivity index (χ1n) is 36.4. The Morgan fingerprint density at radius 1 is 0.253 bits per heavy atom. The summed E-state index contributed by atoms with van der Waals surface area (Å²) in [5, 5.41) is 0. The summed E-state index contributed by atoms with van der Waals surface area (Å²) in [4.78, 5) is 38.4. The fraction of sp³-hybridized carbons (Fsp3) is 0.805. The van der Waals surface area contributed by atoms with Gasteiger partial charge in [0, 0.05) is 19.3 Å². The van der Waals surface area contributed by atoms with Crippen molar-refractivity contribution >= 4 is 17.9 Å². The Labute approximate surface area is 516 Å². The molecule has 83 heavy (non-hydrogen) atoms. The van der Waals surface area contributed by atoms with E-state index in [1.165, 1.54) is 250 Å². The molecule has 0 saturated carbocycles. The van der Waals surface area contributed by atoms with Gasteiger partial charge in [-0.25, -0.2) is 0 Å². The molecular weight excluding hydrogens is 1020 g/mol. The molecule has 0 aliphatic carbocycles. The van der Waals surface area contributed by atoms with Crippen molar-refractivity contribution < 1.29 is 28.6 Å². The third-order valence-electron chi connectivity index (χ3n) is 16.2. The van der Waals surface area contributed by atoms with E-state index in [1.807, 2.05) is 0 Å². The molecule has 0 bridgehead atoms. The van der Waals surface area contributed by atoms with Crippen LogP contribution in [0.1, 0.15) is 380 Å². The summed E-state index contributed by atoms with van der Waals surface area (Å²) in [5.74, 6) is -0.898. The number of hydrogen-bond donors (Lipinski definition) is 0. The quantitative estimate of drug-likeness (QED) is 0.0261. The van der Waals surface area contributed by atoms with Gasteiger partial charge in [-0.1, -0.05) is 325 Å². The Kier molecular flexibility index (Phi) is 68.6. The molecule has 0 aliphatic rings. The predicted octanol–water partition coefficient (Wildman–Crippen LogP) is 25.2. The van der Waals surface area contributed by atoms with Gasteiger partial charge < -0.3 is 14.2 Å². The van der Waals surface area contributed by atoms with Crippen LogP contribution in [0.4, 0.5) is 0 Å². The van der Waals surface area contributed by atoms with Crippen molar-refractivity contribution in [2.75, 3.05) is 13.2 Å². The number of ether oxygens (including phenoxy) is 3. The third kappa shape index (κ3) is 69.5. The number of unbranched alkanes of at least 4 members (excludes halogenated alkanes) is 44. The third-order valence-corrected chi connectivity index (χ3v) is 16.2. The number of rotatable bonds is 67. The Morgan fingerprint density at radius 2 is 0.470 bits per heavy atom. The zero-order valence-corrected chi connectivity index (χ0v) is 55.5. The van der Waals surface area contributed by atoms with Crippen molar-refractivity contribution in [1.82, 2.24) is 0 Å². The predicted molar refractivity (Wildman–Crippen MR) is 362 cm³/mol. The molecule has 0 rings (SSSR count). The highest BCUT2D eigenvalue weighted by Gasteiger charge is 2.19. The molecule has 1 atom stereocenters. The number of carbonyl (C=O) groups is 3. The van der Waals surface area contributed by atoms with Gasteiger partial charge in [0.15, 0.2) is 6.10 Å². The Morgan fingerprint density at radius 3 is 0.759 bits per heavy atom. The normalized spacial score (nSPS) is 12.5. The number of allylic oxidation sites excluding steroid dienone is 12. The lowest BCUT2D eigenvalue weighted by Crippen LogP contribution is -2.30. The molecule has 0 aromatic heterocycles. The number of hydrogen-bond acceptors (Lipinski definition) is 6. The number of esters is 3. The minimum absolute atomic E-state index is 0.0835. The molecule has 0 amide bonds. The topological polar surface area (TPSA) is 78.9 Å². The highest BCUT2D eigenvalue weighted by atomic mass is 16.6. The highest BCUT2D eigenvalue weighted by Crippen LogP contribution is 2.18. The molecule has 482 valence electrons. The van der Waals surface area contributed by atoms with E-state index in [9.17, 15) is 14.4 Å². The molecule has 6 heteroatoms. The maximum Gasteiger partial charge on any atom is 0.306 e. The maximum absolute atomic E-state index is 12.9. The highest BCUT2D eigenvalue weighted by molar-refractivity contribution is 5.71. The molecule has 0 saturated heterocycles. The van der Waals surface area contributed by atoms with Crippen LogP contribution in [0.15, 0.2) is 72.9 Å². The maximum atomic E-state index is 12.9. The minimum atomic E-state index is -0.790. The smallest absolute Gasteiger partial charge is 0.306 e. The second-order valence-electron chi connectivity index (χ2n) is 24.5. The molecule has 0 fully saturated rings. The van der Waals surface area contributed by atoms with Gasteiger partial charge in [-0.3, -0.25) is 14.4 Å². The van der Waals surface area contributed by atoms with E-state index in [-0.39, 0.29) is 31.1 Å². The molecule has 0 N–H and O–H groups in total. The van der Waals surface area contributed by atoms with Crippen molar-refractivity contribution in [2.45, 2.75) is 386 Å². The van der Waals surface area contributed by atoms with Crippen LogP contribution < -0.4 is 0 Å². The summed E-state index contributed by atoms with van der Waals surface area (Å²) in [6.45, 7) is 6.54. The minimum Gasteiger partial charge on any atom is -0.462 e. The first-order valence-corrected chi connectivity index (χ1v) is 36.4. The van der Waals surface area contributed by atoms with Crippen molar-refractivity contribution in [3.8, 4) is 0 Å². The van der Waals surface area contributed by atoms with Crippen LogP contribution in [0.2, 0.25) is 0 Å². The average molecular weight is 1160 g/mol. The standard InChI is InChI=1S/C77H138O6/c1-4-7-10-13-16-19-22-25-27-29-31-33-34-35-36-37-38-39-40-41-42-44-45-47-49-52-55-58-61-64-67-70-76(79)82-73-74(72-81-75(78)69-66-63-60-57-54-51-24-21-18-15-12-9-6-3)83-77(80)71-68-65-62-59-56-53-50-48-46-43-32-30-28-26-23-20-17-14-11-8-5-2/h9,12,18,21,23,26,29-32,51,54,74H,4-8,10-11,13-17,19-20,22,24-25,27-28,33-50,52-53,55-73H2,1-3H3/b12-9-,21-18-,26-23-,31-29-,32-30-,54-51-. The Hall–Kier alpha value is -3.15.